The number of nitrogens with zero attached hydrogens (tertiary/aromatic N) is 1. The molecule has 0 saturated heterocycles. The topological polar surface area (TPSA) is 16.4 Å². The molecule has 1 aliphatic carbocycles. The van der Waals surface area contributed by atoms with Gasteiger partial charge in [-0.3, -0.25) is 0 Å². The van der Waals surface area contributed by atoms with Crippen LogP contribution in [0.4, 0.5) is 17.1 Å². The van der Waals surface area contributed by atoms with E-state index in [1.807, 2.05) is 6.07 Å². The number of benzene rings is 5. The molecule has 0 fully saturated rings. The lowest BCUT2D eigenvalue weighted by atomic mass is 9.82. The van der Waals surface area contributed by atoms with E-state index in [2.05, 4.69) is 128 Å². The van der Waals surface area contributed by atoms with Crippen LogP contribution in [0.1, 0.15) is 25.0 Å². The van der Waals surface area contributed by atoms with Crippen molar-refractivity contribution in [2.24, 2.45) is 0 Å². The molecule has 0 spiro atoms. The predicted molar refractivity (Wildman–Crippen MR) is 146 cm³/mol. The van der Waals surface area contributed by atoms with Crippen LogP contribution in [0.5, 0.6) is 0 Å². The predicted octanol–water partition coefficient (Wildman–Crippen LogP) is 9.36. The quantitative estimate of drug-likeness (QED) is 0.266. The molecule has 0 bridgehead atoms. The first-order valence-corrected chi connectivity index (χ1v) is 12.1. The summed E-state index contributed by atoms with van der Waals surface area (Å²) in [6, 6.07) is 40.9. The average molecular weight is 452 g/mol. The lowest BCUT2D eigenvalue weighted by molar-refractivity contribution is 0.656. The van der Waals surface area contributed by atoms with Crippen molar-refractivity contribution in [2.75, 3.05) is 4.90 Å². The van der Waals surface area contributed by atoms with Crippen molar-refractivity contribution in [2.45, 2.75) is 19.3 Å². The molecule has 0 unspecified atom stereocenters. The summed E-state index contributed by atoms with van der Waals surface area (Å²) in [7, 11) is 0. The van der Waals surface area contributed by atoms with Gasteiger partial charge in [-0.2, -0.15) is 0 Å². The highest BCUT2D eigenvalue weighted by atomic mass is 16.3. The number of hydrogen-bond acceptors (Lipinski definition) is 2. The van der Waals surface area contributed by atoms with E-state index >= 15 is 0 Å². The molecule has 1 heterocycles. The zero-order chi connectivity index (χ0) is 23.6. The Morgan fingerprint density at radius 3 is 1.94 bits per heavy atom. The Morgan fingerprint density at radius 2 is 1.23 bits per heavy atom. The van der Waals surface area contributed by atoms with Crippen LogP contribution in [0.2, 0.25) is 0 Å². The van der Waals surface area contributed by atoms with Gasteiger partial charge in [-0.1, -0.05) is 80.6 Å². The molecule has 2 heteroatoms. The first-order chi connectivity index (χ1) is 17.1. The molecule has 0 saturated carbocycles. The third-order valence-electron chi connectivity index (χ3n) is 7.45. The SMILES string of the molecule is CC1(C)c2cc(N(c3ccccc3)c3ccccc3)ccc2-c2c1ccc1oc3ccccc3c21. The summed E-state index contributed by atoms with van der Waals surface area (Å²) in [6.07, 6.45) is 0. The number of furan rings is 1. The Labute approximate surface area is 205 Å². The van der Waals surface area contributed by atoms with Crippen molar-refractivity contribution in [3.8, 4) is 11.1 Å². The normalized spacial score (nSPS) is 13.7. The van der Waals surface area contributed by atoms with E-state index in [0.717, 1.165) is 28.2 Å². The molecule has 0 atom stereocenters. The number of fused-ring (bicyclic) bond motifs is 7. The van der Waals surface area contributed by atoms with Gasteiger partial charge in [-0.15, -0.1) is 0 Å². The van der Waals surface area contributed by atoms with Crippen molar-refractivity contribution in [1.29, 1.82) is 0 Å². The lowest BCUT2D eigenvalue weighted by Gasteiger charge is -2.28. The summed E-state index contributed by atoms with van der Waals surface area (Å²) in [4.78, 5) is 2.34. The lowest BCUT2D eigenvalue weighted by Crippen LogP contribution is -2.16. The standard InChI is InChI=1S/C33H25NO/c1-33(2)27-19-20-30-32(26-15-9-10-16-29(26)35-30)31(27)25-18-17-24(21-28(25)33)34(22-11-5-3-6-12-22)23-13-7-4-8-14-23/h3-21H,1-2H3. The largest absolute Gasteiger partial charge is 0.456 e. The fourth-order valence-electron chi connectivity index (χ4n) is 5.77. The van der Waals surface area contributed by atoms with Gasteiger partial charge in [-0.25, -0.2) is 0 Å². The second kappa shape index (κ2) is 7.35. The summed E-state index contributed by atoms with van der Waals surface area (Å²) in [5, 5.41) is 2.41. The molecule has 0 N–H and O–H groups in total. The molecule has 0 aliphatic heterocycles. The molecule has 0 radical (unpaired) electrons. The number of para-hydroxylation sites is 3. The molecule has 2 nitrogen and oxygen atoms in total. The van der Waals surface area contributed by atoms with Gasteiger partial charge < -0.3 is 9.32 Å². The maximum absolute atomic E-state index is 6.23. The molecule has 5 aromatic carbocycles. The highest BCUT2D eigenvalue weighted by Crippen LogP contribution is 2.54. The van der Waals surface area contributed by atoms with Crippen molar-refractivity contribution in [1.82, 2.24) is 0 Å². The van der Waals surface area contributed by atoms with E-state index in [0.29, 0.717) is 0 Å². The highest BCUT2D eigenvalue weighted by molar-refractivity contribution is 6.15. The first-order valence-electron chi connectivity index (χ1n) is 12.1. The average Bonchev–Trinajstić information content (AvgIpc) is 3.38. The van der Waals surface area contributed by atoms with E-state index in [1.54, 1.807) is 0 Å². The monoisotopic (exact) mass is 451 g/mol. The van der Waals surface area contributed by atoms with Crippen LogP contribution in [0, 0.1) is 0 Å². The molecule has 0 amide bonds. The van der Waals surface area contributed by atoms with Crippen molar-refractivity contribution in [3.63, 3.8) is 0 Å². The Kier molecular flexibility index (Phi) is 4.22. The van der Waals surface area contributed by atoms with Gasteiger partial charge in [0.15, 0.2) is 0 Å². The Morgan fingerprint density at radius 1 is 0.571 bits per heavy atom. The van der Waals surface area contributed by atoms with Gasteiger partial charge in [0.25, 0.3) is 0 Å². The van der Waals surface area contributed by atoms with E-state index in [1.165, 1.54) is 33.0 Å². The molecular weight excluding hydrogens is 426 g/mol. The van der Waals surface area contributed by atoms with Crippen LogP contribution >= 0.6 is 0 Å². The van der Waals surface area contributed by atoms with Crippen LogP contribution in [0.25, 0.3) is 33.1 Å². The number of hydrogen-bond donors (Lipinski definition) is 0. The minimum Gasteiger partial charge on any atom is -0.456 e. The van der Waals surface area contributed by atoms with Crippen molar-refractivity contribution in [3.05, 3.63) is 126 Å². The van der Waals surface area contributed by atoms with Gasteiger partial charge in [-0.05, 0) is 70.8 Å². The van der Waals surface area contributed by atoms with E-state index in [9.17, 15) is 0 Å². The number of anilines is 3. The van der Waals surface area contributed by atoms with Gasteiger partial charge in [0.2, 0.25) is 0 Å². The van der Waals surface area contributed by atoms with Crippen molar-refractivity contribution < 1.29 is 4.42 Å². The molecule has 6 aromatic rings. The van der Waals surface area contributed by atoms with E-state index in [4.69, 9.17) is 4.42 Å². The zero-order valence-corrected chi connectivity index (χ0v) is 19.8. The molecule has 7 rings (SSSR count). The maximum atomic E-state index is 6.23. The molecule has 1 aromatic heterocycles. The van der Waals surface area contributed by atoms with Gasteiger partial charge in [0, 0.05) is 33.2 Å². The van der Waals surface area contributed by atoms with E-state index < -0.39 is 0 Å². The summed E-state index contributed by atoms with van der Waals surface area (Å²) < 4.78 is 6.23. The van der Waals surface area contributed by atoms with Crippen LogP contribution in [0.3, 0.4) is 0 Å². The molecule has 168 valence electrons. The highest BCUT2D eigenvalue weighted by Gasteiger charge is 2.38. The second-order valence-electron chi connectivity index (χ2n) is 9.82. The van der Waals surface area contributed by atoms with Gasteiger partial charge in [0.05, 0.1) is 0 Å². The van der Waals surface area contributed by atoms with Crippen LogP contribution < -0.4 is 4.90 Å². The summed E-state index contributed by atoms with van der Waals surface area (Å²) in [5.41, 5.74) is 10.5. The Bertz CT molecular complexity index is 1670. The molecular formula is C33H25NO. The minimum absolute atomic E-state index is 0.119. The third kappa shape index (κ3) is 2.90. The van der Waals surface area contributed by atoms with Crippen LogP contribution in [-0.4, -0.2) is 0 Å². The second-order valence-corrected chi connectivity index (χ2v) is 9.82. The van der Waals surface area contributed by atoms with Crippen molar-refractivity contribution >= 4 is 39.0 Å². The summed E-state index contributed by atoms with van der Waals surface area (Å²) in [5.74, 6) is 0. The molecule has 35 heavy (non-hydrogen) atoms. The number of rotatable bonds is 3. The van der Waals surface area contributed by atoms with Crippen LogP contribution in [0.15, 0.2) is 120 Å². The minimum atomic E-state index is -0.119. The van der Waals surface area contributed by atoms with Crippen LogP contribution in [-0.2, 0) is 5.41 Å². The summed E-state index contributed by atoms with van der Waals surface area (Å²) in [6.45, 7) is 4.68. The zero-order valence-electron chi connectivity index (χ0n) is 19.8. The smallest absolute Gasteiger partial charge is 0.136 e. The fraction of sp³-hybridized carbons (Fsp3) is 0.0909. The molecule has 1 aliphatic rings. The van der Waals surface area contributed by atoms with Gasteiger partial charge in [0.1, 0.15) is 11.2 Å². The fourth-order valence-corrected chi connectivity index (χ4v) is 5.77. The third-order valence-corrected chi connectivity index (χ3v) is 7.45. The summed E-state index contributed by atoms with van der Waals surface area (Å²) >= 11 is 0. The van der Waals surface area contributed by atoms with Gasteiger partial charge >= 0.3 is 0 Å². The van der Waals surface area contributed by atoms with E-state index in [-0.39, 0.29) is 5.41 Å². The first kappa shape index (κ1) is 20.1. The Hall–Kier alpha value is -4.30. The maximum Gasteiger partial charge on any atom is 0.136 e. The Balaban J connectivity index is 1.48.